The van der Waals surface area contributed by atoms with Crippen molar-refractivity contribution in [2.45, 2.75) is 65.5 Å². The highest BCUT2D eigenvalue weighted by atomic mass is 14.8. The molecule has 0 aliphatic heterocycles. The van der Waals surface area contributed by atoms with Crippen LogP contribution in [0.15, 0.2) is 18.2 Å². The van der Waals surface area contributed by atoms with Gasteiger partial charge in [0.15, 0.2) is 0 Å². The lowest BCUT2D eigenvalue weighted by Gasteiger charge is -2.18. The summed E-state index contributed by atoms with van der Waals surface area (Å²) in [5.74, 6) is 0.595. The largest absolute Gasteiger partial charge is 0.326 e. The van der Waals surface area contributed by atoms with E-state index in [4.69, 9.17) is 5.73 Å². The van der Waals surface area contributed by atoms with Crippen LogP contribution in [-0.4, -0.2) is 12.1 Å². The van der Waals surface area contributed by atoms with E-state index < -0.39 is 0 Å². The zero-order valence-electron chi connectivity index (χ0n) is 13.2. The first kappa shape index (κ1) is 16.2. The van der Waals surface area contributed by atoms with Gasteiger partial charge in [-0.25, -0.2) is 0 Å². The number of benzene rings is 1. The third-order valence-electron chi connectivity index (χ3n) is 3.53. The average Bonchev–Trinajstić information content (AvgIpc) is 2.29. The van der Waals surface area contributed by atoms with Crippen LogP contribution in [0.1, 0.15) is 63.1 Å². The normalized spacial score (nSPS) is 12.2. The van der Waals surface area contributed by atoms with Crippen molar-refractivity contribution in [2.24, 2.45) is 5.73 Å². The van der Waals surface area contributed by atoms with Crippen molar-refractivity contribution in [1.29, 1.82) is 0 Å². The Labute approximate surface area is 118 Å². The number of nitrogens with one attached hydrogen (secondary N) is 1. The van der Waals surface area contributed by atoms with E-state index in [2.05, 4.69) is 58.1 Å². The van der Waals surface area contributed by atoms with E-state index >= 15 is 0 Å². The summed E-state index contributed by atoms with van der Waals surface area (Å²) in [7, 11) is 0. The van der Waals surface area contributed by atoms with E-state index in [1.165, 1.54) is 16.7 Å². The predicted molar refractivity (Wildman–Crippen MR) is 84.5 cm³/mol. The molecule has 2 nitrogen and oxygen atoms in total. The van der Waals surface area contributed by atoms with Gasteiger partial charge in [-0.05, 0) is 62.8 Å². The first-order chi connectivity index (χ1) is 8.79. The lowest BCUT2D eigenvalue weighted by molar-refractivity contribution is 0.448. The fourth-order valence-corrected chi connectivity index (χ4v) is 2.13. The topological polar surface area (TPSA) is 38.0 Å². The third-order valence-corrected chi connectivity index (χ3v) is 3.53. The van der Waals surface area contributed by atoms with Crippen molar-refractivity contribution >= 4 is 0 Å². The number of aryl methyl sites for hydroxylation is 1. The first-order valence-corrected chi connectivity index (χ1v) is 7.38. The SMILES string of the molecule is Cc1ccc(C(C)C)cc1CNCCCC(C)(C)N. The average molecular weight is 262 g/mol. The zero-order chi connectivity index (χ0) is 14.5. The summed E-state index contributed by atoms with van der Waals surface area (Å²) in [5, 5.41) is 3.53. The van der Waals surface area contributed by atoms with Crippen molar-refractivity contribution in [1.82, 2.24) is 5.32 Å². The van der Waals surface area contributed by atoms with Crippen molar-refractivity contribution < 1.29 is 0 Å². The Bertz CT molecular complexity index is 389. The van der Waals surface area contributed by atoms with E-state index in [1.807, 2.05) is 0 Å². The molecule has 0 radical (unpaired) electrons. The monoisotopic (exact) mass is 262 g/mol. The van der Waals surface area contributed by atoms with Gasteiger partial charge in [0.1, 0.15) is 0 Å². The quantitative estimate of drug-likeness (QED) is 0.735. The Kier molecular flexibility index (Phi) is 6.02. The second kappa shape index (κ2) is 7.06. The maximum absolute atomic E-state index is 5.98. The van der Waals surface area contributed by atoms with Crippen molar-refractivity contribution in [2.75, 3.05) is 6.54 Å². The summed E-state index contributed by atoms with van der Waals surface area (Å²) in [6.45, 7) is 12.8. The molecule has 0 bridgehead atoms. The van der Waals surface area contributed by atoms with Crippen molar-refractivity contribution in [3.8, 4) is 0 Å². The van der Waals surface area contributed by atoms with Gasteiger partial charge in [0, 0.05) is 12.1 Å². The molecule has 0 amide bonds. The minimum absolute atomic E-state index is 0.0465. The van der Waals surface area contributed by atoms with Crippen molar-refractivity contribution in [3.05, 3.63) is 34.9 Å². The number of hydrogen-bond acceptors (Lipinski definition) is 2. The molecule has 0 saturated heterocycles. The molecule has 2 heteroatoms. The van der Waals surface area contributed by atoms with Gasteiger partial charge in [0.2, 0.25) is 0 Å². The molecule has 0 atom stereocenters. The zero-order valence-corrected chi connectivity index (χ0v) is 13.2. The number of nitrogens with two attached hydrogens (primary N) is 1. The second-order valence-corrected chi connectivity index (χ2v) is 6.61. The van der Waals surface area contributed by atoms with E-state index in [-0.39, 0.29) is 5.54 Å². The molecule has 0 aliphatic rings. The molecule has 1 aromatic carbocycles. The molecule has 108 valence electrons. The molecular weight excluding hydrogens is 232 g/mol. The van der Waals surface area contributed by atoms with E-state index in [9.17, 15) is 0 Å². The summed E-state index contributed by atoms with van der Waals surface area (Å²) in [6.07, 6.45) is 2.19. The van der Waals surface area contributed by atoms with Gasteiger partial charge >= 0.3 is 0 Å². The molecule has 0 spiro atoms. The predicted octanol–water partition coefficient (Wildman–Crippen LogP) is 3.73. The van der Waals surface area contributed by atoms with E-state index in [0.717, 1.165) is 25.9 Å². The van der Waals surface area contributed by atoms with Crippen LogP contribution in [0.5, 0.6) is 0 Å². The highest BCUT2D eigenvalue weighted by Gasteiger charge is 2.09. The maximum Gasteiger partial charge on any atom is 0.0208 e. The van der Waals surface area contributed by atoms with Crippen LogP contribution in [0.2, 0.25) is 0 Å². The van der Waals surface area contributed by atoms with E-state index in [1.54, 1.807) is 0 Å². The van der Waals surface area contributed by atoms with Crippen LogP contribution in [0.4, 0.5) is 0 Å². The van der Waals surface area contributed by atoms with Crippen LogP contribution < -0.4 is 11.1 Å². The van der Waals surface area contributed by atoms with Gasteiger partial charge in [-0.15, -0.1) is 0 Å². The molecular formula is C17H30N2. The fourth-order valence-electron chi connectivity index (χ4n) is 2.13. The summed E-state index contributed by atoms with van der Waals surface area (Å²) in [4.78, 5) is 0. The third kappa shape index (κ3) is 6.22. The summed E-state index contributed by atoms with van der Waals surface area (Å²) in [5.41, 5.74) is 10.1. The molecule has 19 heavy (non-hydrogen) atoms. The first-order valence-electron chi connectivity index (χ1n) is 7.38. The van der Waals surface area contributed by atoms with Gasteiger partial charge in [-0.2, -0.15) is 0 Å². The van der Waals surface area contributed by atoms with Gasteiger partial charge in [-0.3, -0.25) is 0 Å². The van der Waals surface area contributed by atoms with Crippen LogP contribution >= 0.6 is 0 Å². The Morgan fingerprint density at radius 1 is 1.26 bits per heavy atom. The van der Waals surface area contributed by atoms with Gasteiger partial charge in [0.25, 0.3) is 0 Å². The molecule has 1 aromatic rings. The Balaban J connectivity index is 2.42. The fraction of sp³-hybridized carbons (Fsp3) is 0.647. The molecule has 3 N–H and O–H groups in total. The molecule has 0 fully saturated rings. The van der Waals surface area contributed by atoms with Gasteiger partial charge in [0.05, 0.1) is 0 Å². The smallest absolute Gasteiger partial charge is 0.0208 e. The molecule has 0 saturated carbocycles. The molecule has 0 aromatic heterocycles. The minimum atomic E-state index is -0.0465. The van der Waals surface area contributed by atoms with Crippen LogP contribution in [0, 0.1) is 6.92 Å². The van der Waals surface area contributed by atoms with Crippen LogP contribution in [0.25, 0.3) is 0 Å². The highest BCUT2D eigenvalue weighted by molar-refractivity contribution is 5.32. The Morgan fingerprint density at radius 3 is 2.53 bits per heavy atom. The molecule has 0 aliphatic carbocycles. The Morgan fingerprint density at radius 2 is 1.95 bits per heavy atom. The molecule has 0 heterocycles. The van der Waals surface area contributed by atoms with Gasteiger partial charge in [-0.1, -0.05) is 32.0 Å². The molecule has 0 unspecified atom stereocenters. The highest BCUT2D eigenvalue weighted by Crippen LogP contribution is 2.18. The summed E-state index contributed by atoms with van der Waals surface area (Å²) < 4.78 is 0. The summed E-state index contributed by atoms with van der Waals surface area (Å²) >= 11 is 0. The molecule has 1 rings (SSSR count). The lowest BCUT2D eigenvalue weighted by Crippen LogP contribution is -2.32. The summed E-state index contributed by atoms with van der Waals surface area (Å²) in [6, 6.07) is 6.80. The van der Waals surface area contributed by atoms with E-state index in [0.29, 0.717) is 5.92 Å². The minimum Gasteiger partial charge on any atom is -0.326 e. The van der Waals surface area contributed by atoms with Crippen molar-refractivity contribution in [3.63, 3.8) is 0 Å². The van der Waals surface area contributed by atoms with Crippen LogP contribution in [-0.2, 0) is 6.54 Å². The number of rotatable bonds is 7. The van der Waals surface area contributed by atoms with Gasteiger partial charge < -0.3 is 11.1 Å². The number of hydrogen-bond donors (Lipinski definition) is 2. The standard InChI is InChI=1S/C17H30N2/c1-13(2)15-8-7-14(3)16(11-15)12-19-10-6-9-17(4,5)18/h7-8,11,13,19H,6,9-10,12,18H2,1-5H3. The Hall–Kier alpha value is -0.860. The maximum atomic E-state index is 5.98. The lowest BCUT2D eigenvalue weighted by atomic mass is 9.97. The second-order valence-electron chi connectivity index (χ2n) is 6.61. The van der Waals surface area contributed by atoms with Crippen LogP contribution in [0.3, 0.4) is 0 Å².